The van der Waals surface area contributed by atoms with Crippen LogP contribution < -0.4 is 10.2 Å². The topological polar surface area (TPSA) is 65.5 Å². The molecule has 1 aromatic heterocycles. The van der Waals surface area contributed by atoms with Gasteiger partial charge in [0, 0.05) is 23.4 Å². The van der Waals surface area contributed by atoms with Gasteiger partial charge in [-0.25, -0.2) is 4.98 Å². The molecule has 2 aliphatic heterocycles. The largest absolute Gasteiger partial charge is 0.349 e. The van der Waals surface area contributed by atoms with Crippen molar-refractivity contribution in [3.63, 3.8) is 0 Å². The molecule has 1 aromatic carbocycles. The molecule has 0 spiro atoms. The number of para-hydroxylation sites is 1. The number of nitrogens with zero attached hydrogens (tertiary/aromatic N) is 3. The summed E-state index contributed by atoms with van der Waals surface area (Å²) in [4.78, 5) is 34.4. The fourth-order valence-electron chi connectivity index (χ4n) is 3.37. The number of rotatable bonds is 6. The van der Waals surface area contributed by atoms with E-state index >= 15 is 0 Å². The second kappa shape index (κ2) is 8.41. The molecule has 1 N–H and O–H groups in total. The lowest BCUT2D eigenvalue weighted by Crippen LogP contribution is -2.35. The van der Waals surface area contributed by atoms with Crippen LogP contribution in [-0.4, -0.2) is 53.6 Å². The summed E-state index contributed by atoms with van der Waals surface area (Å²) in [6.45, 7) is 4.18. The van der Waals surface area contributed by atoms with Gasteiger partial charge in [-0.05, 0) is 38.1 Å². The fourth-order valence-corrected chi connectivity index (χ4v) is 5.07. The molecular weight excluding hydrogens is 380 g/mol. The number of thioether (sulfide) groups is 1. The Bertz CT molecular complexity index is 833. The van der Waals surface area contributed by atoms with E-state index in [0.717, 1.165) is 35.2 Å². The second-order valence-electron chi connectivity index (χ2n) is 6.67. The van der Waals surface area contributed by atoms with Gasteiger partial charge in [0.1, 0.15) is 10.7 Å². The van der Waals surface area contributed by atoms with Gasteiger partial charge in [-0.1, -0.05) is 12.1 Å². The van der Waals surface area contributed by atoms with Crippen LogP contribution in [0.1, 0.15) is 28.3 Å². The zero-order chi connectivity index (χ0) is 18.6. The van der Waals surface area contributed by atoms with Crippen LogP contribution >= 0.6 is 23.1 Å². The van der Waals surface area contributed by atoms with Crippen molar-refractivity contribution >= 4 is 40.6 Å². The van der Waals surface area contributed by atoms with E-state index in [9.17, 15) is 9.59 Å². The number of nitrogens with one attached hydrogen (secondary N) is 1. The van der Waals surface area contributed by atoms with Crippen LogP contribution in [0.5, 0.6) is 0 Å². The normalized spacial score (nSPS) is 17.2. The van der Waals surface area contributed by atoms with Crippen LogP contribution in [0.2, 0.25) is 0 Å². The predicted octanol–water partition coefficient (Wildman–Crippen LogP) is 2.61. The molecule has 8 heteroatoms. The van der Waals surface area contributed by atoms with Gasteiger partial charge in [-0.2, -0.15) is 0 Å². The van der Waals surface area contributed by atoms with E-state index < -0.39 is 0 Å². The van der Waals surface area contributed by atoms with Gasteiger partial charge >= 0.3 is 0 Å². The van der Waals surface area contributed by atoms with Crippen molar-refractivity contribution in [2.45, 2.75) is 24.3 Å². The zero-order valence-corrected chi connectivity index (χ0v) is 16.7. The van der Waals surface area contributed by atoms with E-state index in [4.69, 9.17) is 0 Å². The molecule has 6 nitrogen and oxygen atoms in total. The average molecular weight is 403 g/mol. The van der Waals surface area contributed by atoms with Crippen LogP contribution in [0.3, 0.4) is 0 Å². The van der Waals surface area contributed by atoms with E-state index in [1.165, 1.54) is 24.2 Å². The lowest BCUT2D eigenvalue weighted by molar-refractivity contribution is -0.116. The molecule has 2 aliphatic rings. The van der Waals surface area contributed by atoms with E-state index in [-0.39, 0.29) is 11.8 Å². The molecule has 1 saturated heterocycles. The summed E-state index contributed by atoms with van der Waals surface area (Å²) in [5, 5.41) is 5.49. The van der Waals surface area contributed by atoms with Crippen LogP contribution in [-0.2, 0) is 11.3 Å². The molecule has 0 saturated carbocycles. The lowest BCUT2D eigenvalue weighted by Gasteiger charge is -2.28. The number of aromatic nitrogens is 1. The molecule has 4 rings (SSSR count). The number of carbonyl (C=O) groups excluding carboxylic acids is 2. The molecule has 0 radical (unpaired) electrons. The molecule has 0 bridgehead atoms. The number of anilines is 1. The van der Waals surface area contributed by atoms with Gasteiger partial charge in [0.15, 0.2) is 0 Å². The highest BCUT2D eigenvalue weighted by molar-refractivity contribution is 8.00. The maximum Gasteiger partial charge on any atom is 0.270 e. The first-order valence-electron chi connectivity index (χ1n) is 9.18. The Labute approximate surface area is 167 Å². The molecule has 0 atom stereocenters. The first-order valence-corrected chi connectivity index (χ1v) is 11.0. The molecule has 3 heterocycles. The quantitative estimate of drug-likeness (QED) is 0.805. The minimum Gasteiger partial charge on any atom is -0.349 e. The van der Waals surface area contributed by atoms with Crippen molar-refractivity contribution < 1.29 is 9.59 Å². The average Bonchev–Trinajstić information content (AvgIpc) is 3.36. The number of carbonyl (C=O) groups is 2. The Kier molecular flexibility index (Phi) is 5.75. The molecule has 142 valence electrons. The standard InChI is InChI=1S/C19H22N4O2S2/c24-18-13-26-16-6-2-1-5-15(16)23(18)11-17-21-14(12-27-17)19(25)20-7-10-22-8-3-4-9-22/h1-2,5-6,12H,3-4,7-11,13H2,(H,20,25). The van der Waals surface area contributed by atoms with Crippen molar-refractivity contribution in [2.24, 2.45) is 0 Å². The number of hydrogen-bond donors (Lipinski definition) is 1. The first-order chi connectivity index (χ1) is 13.2. The van der Waals surface area contributed by atoms with Gasteiger partial charge in [-0.15, -0.1) is 23.1 Å². The highest BCUT2D eigenvalue weighted by Gasteiger charge is 2.25. The number of hydrogen-bond acceptors (Lipinski definition) is 6. The number of amides is 2. The minimum absolute atomic E-state index is 0.0746. The molecule has 0 aliphatic carbocycles. The Morgan fingerprint density at radius 2 is 2.04 bits per heavy atom. The Morgan fingerprint density at radius 3 is 2.89 bits per heavy atom. The fraction of sp³-hybridized carbons (Fsp3) is 0.421. The molecular formula is C19H22N4O2S2. The van der Waals surface area contributed by atoms with Gasteiger partial charge in [0.25, 0.3) is 5.91 Å². The Morgan fingerprint density at radius 1 is 1.22 bits per heavy atom. The molecule has 27 heavy (non-hydrogen) atoms. The number of likely N-dealkylation sites (tertiary alicyclic amines) is 1. The van der Waals surface area contributed by atoms with Crippen molar-refractivity contribution in [1.82, 2.24) is 15.2 Å². The Hall–Kier alpha value is -1.90. The third-order valence-corrected chi connectivity index (χ3v) is 6.68. The first kappa shape index (κ1) is 18.5. The van der Waals surface area contributed by atoms with Gasteiger partial charge < -0.3 is 15.1 Å². The summed E-state index contributed by atoms with van der Waals surface area (Å²) in [6, 6.07) is 7.90. The van der Waals surface area contributed by atoms with Crippen LogP contribution in [0.4, 0.5) is 5.69 Å². The van der Waals surface area contributed by atoms with Gasteiger partial charge in [-0.3, -0.25) is 9.59 Å². The van der Waals surface area contributed by atoms with E-state index in [2.05, 4.69) is 15.2 Å². The smallest absolute Gasteiger partial charge is 0.270 e. The number of fused-ring (bicyclic) bond motifs is 1. The summed E-state index contributed by atoms with van der Waals surface area (Å²) < 4.78 is 0. The summed E-state index contributed by atoms with van der Waals surface area (Å²) in [6.07, 6.45) is 2.50. The highest BCUT2D eigenvalue weighted by Crippen LogP contribution is 2.35. The molecule has 0 unspecified atom stereocenters. The monoisotopic (exact) mass is 402 g/mol. The third kappa shape index (κ3) is 4.34. The van der Waals surface area contributed by atoms with E-state index in [1.54, 1.807) is 22.0 Å². The van der Waals surface area contributed by atoms with Crippen molar-refractivity contribution in [3.8, 4) is 0 Å². The van der Waals surface area contributed by atoms with Gasteiger partial charge in [0.05, 0.1) is 18.0 Å². The van der Waals surface area contributed by atoms with Crippen LogP contribution in [0.15, 0.2) is 34.5 Å². The maximum atomic E-state index is 12.4. The third-order valence-electron chi connectivity index (χ3n) is 4.80. The van der Waals surface area contributed by atoms with Crippen molar-refractivity contribution in [2.75, 3.05) is 36.8 Å². The van der Waals surface area contributed by atoms with E-state index in [1.807, 2.05) is 24.3 Å². The van der Waals surface area contributed by atoms with Crippen molar-refractivity contribution in [3.05, 3.63) is 40.3 Å². The SMILES string of the molecule is O=C(NCCN1CCCC1)c1csc(CN2C(=O)CSc3ccccc32)n1. The summed E-state index contributed by atoms with van der Waals surface area (Å²) in [5.41, 5.74) is 1.36. The predicted molar refractivity (Wildman–Crippen MR) is 108 cm³/mol. The zero-order valence-electron chi connectivity index (χ0n) is 15.0. The molecule has 1 fully saturated rings. The van der Waals surface area contributed by atoms with E-state index in [0.29, 0.717) is 24.5 Å². The molecule has 2 amide bonds. The number of thiazole rings is 1. The minimum atomic E-state index is -0.141. The summed E-state index contributed by atoms with van der Waals surface area (Å²) >= 11 is 2.99. The molecule has 2 aromatic rings. The second-order valence-corrected chi connectivity index (χ2v) is 8.63. The van der Waals surface area contributed by atoms with Gasteiger partial charge in [0.2, 0.25) is 5.91 Å². The van der Waals surface area contributed by atoms with Crippen molar-refractivity contribution in [1.29, 1.82) is 0 Å². The maximum absolute atomic E-state index is 12.4. The highest BCUT2D eigenvalue weighted by atomic mass is 32.2. The van der Waals surface area contributed by atoms with Crippen LogP contribution in [0, 0.1) is 0 Å². The van der Waals surface area contributed by atoms with Crippen LogP contribution in [0.25, 0.3) is 0 Å². The summed E-state index contributed by atoms with van der Waals surface area (Å²) in [7, 11) is 0. The summed E-state index contributed by atoms with van der Waals surface area (Å²) in [5.74, 6) is 0.370. The lowest BCUT2D eigenvalue weighted by atomic mass is 10.2. The Balaban J connectivity index is 1.36. The number of benzene rings is 1.